The van der Waals surface area contributed by atoms with Crippen LogP contribution >= 0.6 is 0 Å². The Bertz CT molecular complexity index is 1170. The number of rotatable bonds is 5. The van der Waals surface area contributed by atoms with Crippen molar-refractivity contribution in [2.75, 3.05) is 25.4 Å². The highest BCUT2D eigenvalue weighted by atomic mass is 19.1. The minimum absolute atomic E-state index is 0.00623. The average molecular weight is 440 g/mol. The van der Waals surface area contributed by atoms with Gasteiger partial charge >= 0.3 is 6.01 Å². The number of benzene rings is 1. The zero-order valence-electron chi connectivity index (χ0n) is 18.3. The summed E-state index contributed by atoms with van der Waals surface area (Å²) < 4.78 is 35.6. The molecule has 5 rings (SSSR count). The summed E-state index contributed by atoms with van der Waals surface area (Å²) in [4.78, 5) is 15.0. The molecule has 2 atom stereocenters. The molecule has 2 aliphatic heterocycles. The number of alkyl halides is 1. The van der Waals surface area contributed by atoms with Gasteiger partial charge in [-0.2, -0.15) is 9.97 Å². The van der Waals surface area contributed by atoms with Crippen LogP contribution in [0, 0.1) is 5.82 Å². The molecular formula is C24H27F2N5O. The monoisotopic (exact) mass is 439 g/mol. The van der Waals surface area contributed by atoms with Gasteiger partial charge in [0.2, 0.25) is 0 Å². The summed E-state index contributed by atoms with van der Waals surface area (Å²) in [5, 5.41) is 0.339. The molecule has 0 saturated carbocycles. The number of hydrogen-bond acceptors (Lipinski definition) is 6. The third-order valence-corrected chi connectivity index (χ3v) is 6.76. The summed E-state index contributed by atoms with van der Waals surface area (Å²) in [7, 11) is 0. The Balaban J connectivity index is 1.51. The highest BCUT2D eigenvalue weighted by molar-refractivity contribution is 5.90. The molecule has 1 aromatic carbocycles. The molecule has 32 heavy (non-hydrogen) atoms. The summed E-state index contributed by atoms with van der Waals surface area (Å²) in [6.07, 6.45) is 2.96. The lowest BCUT2D eigenvalue weighted by Gasteiger charge is -2.30. The van der Waals surface area contributed by atoms with Crippen molar-refractivity contribution < 1.29 is 13.5 Å². The minimum Gasteiger partial charge on any atom is -0.461 e. The van der Waals surface area contributed by atoms with Gasteiger partial charge in [0.25, 0.3) is 0 Å². The number of nitrogens with two attached hydrogens (primary N) is 1. The van der Waals surface area contributed by atoms with Gasteiger partial charge in [0.15, 0.2) is 5.82 Å². The fourth-order valence-electron chi connectivity index (χ4n) is 5.17. The standard InChI is InChI=1S/C24H27F2N5O/c1-14(2)16-6-3-4-7-17(16)20-19(26)21-18(11-28-20)22(27)30-23(29-21)32-13-24-8-5-9-31(24)12-15(25)10-24/h3-4,6-7,11,14-15H,5,8-10,12-13H2,1-2H3,(H2,27,29,30)/t15-,24+/m1/s1. The van der Waals surface area contributed by atoms with E-state index in [1.54, 1.807) is 0 Å². The van der Waals surface area contributed by atoms with E-state index in [4.69, 9.17) is 10.5 Å². The van der Waals surface area contributed by atoms with Crippen LogP contribution in [0.2, 0.25) is 0 Å². The Morgan fingerprint density at radius 3 is 2.91 bits per heavy atom. The predicted octanol–water partition coefficient (Wildman–Crippen LogP) is 4.49. The number of anilines is 1. The first-order valence-electron chi connectivity index (χ1n) is 11.1. The maximum Gasteiger partial charge on any atom is 0.319 e. The number of pyridine rings is 1. The summed E-state index contributed by atoms with van der Waals surface area (Å²) >= 11 is 0. The van der Waals surface area contributed by atoms with E-state index >= 15 is 4.39 Å². The molecule has 2 saturated heterocycles. The molecule has 2 aliphatic rings. The molecule has 4 heterocycles. The molecule has 0 spiro atoms. The topological polar surface area (TPSA) is 77.2 Å². The second-order valence-corrected chi connectivity index (χ2v) is 9.18. The lowest BCUT2D eigenvalue weighted by atomic mass is 9.94. The van der Waals surface area contributed by atoms with Crippen molar-refractivity contribution in [1.29, 1.82) is 0 Å². The molecule has 8 heteroatoms. The first-order chi connectivity index (χ1) is 15.4. The van der Waals surface area contributed by atoms with E-state index in [0.717, 1.165) is 30.5 Å². The fourth-order valence-corrected chi connectivity index (χ4v) is 5.17. The second-order valence-electron chi connectivity index (χ2n) is 9.18. The van der Waals surface area contributed by atoms with Gasteiger partial charge in [0.05, 0.1) is 10.9 Å². The Kier molecular flexibility index (Phi) is 5.20. The molecule has 6 nitrogen and oxygen atoms in total. The first kappa shape index (κ1) is 21.0. The lowest BCUT2D eigenvalue weighted by Crippen LogP contribution is -2.43. The third-order valence-electron chi connectivity index (χ3n) is 6.76. The molecule has 0 unspecified atom stereocenters. The zero-order chi connectivity index (χ0) is 22.5. The molecular weight excluding hydrogens is 412 g/mol. The molecule has 2 aromatic heterocycles. The van der Waals surface area contributed by atoms with Gasteiger partial charge in [-0.25, -0.2) is 8.78 Å². The van der Waals surface area contributed by atoms with Gasteiger partial charge < -0.3 is 10.5 Å². The largest absolute Gasteiger partial charge is 0.461 e. The van der Waals surface area contributed by atoms with E-state index in [0.29, 0.717) is 18.4 Å². The molecule has 3 aromatic rings. The maximum absolute atomic E-state index is 15.6. The van der Waals surface area contributed by atoms with E-state index in [2.05, 4.69) is 33.7 Å². The number of nitrogens with zero attached hydrogens (tertiary/aromatic N) is 4. The van der Waals surface area contributed by atoms with Crippen LogP contribution in [0.4, 0.5) is 14.6 Å². The van der Waals surface area contributed by atoms with Crippen molar-refractivity contribution in [3.8, 4) is 17.3 Å². The lowest BCUT2D eigenvalue weighted by molar-refractivity contribution is 0.107. The summed E-state index contributed by atoms with van der Waals surface area (Å²) in [5.41, 5.74) is 7.78. The normalized spacial score (nSPS) is 23.2. The van der Waals surface area contributed by atoms with E-state index in [1.165, 1.54) is 6.20 Å². The van der Waals surface area contributed by atoms with Gasteiger partial charge in [-0.1, -0.05) is 38.1 Å². The van der Waals surface area contributed by atoms with Crippen LogP contribution in [0.3, 0.4) is 0 Å². The van der Waals surface area contributed by atoms with Crippen molar-refractivity contribution in [1.82, 2.24) is 19.9 Å². The predicted molar refractivity (Wildman–Crippen MR) is 120 cm³/mol. The smallest absolute Gasteiger partial charge is 0.319 e. The van der Waals surface area contributed by atoms with E-state index in [1.807, 2.05) is 24.3 Å². The van der Waals surface area contributed by atoms with Crippen LogP contribution < -0.4 is 10.5 Å². The second kappa shape index (κ2) is 7.92. The van der Waals surface area contributed by atoms with Crippen molar-refractivity contribution in [2.24, 2.45) is 0 Å². The fraction of sp³-hybridized carbons (Fsp3) is 0.458. The van der Waals surface area contributed by atoms with Crippen molar-refractivity contribution >= 4 is 16.7 Å². The van der Waals surface area contributed by atoms with E-state index in [9.17, 15) is 4.39 Å². The summed E-state index contributed by atoms with van der Waals surface area (Å²) in [6.45, 7) is 5.67. The van der Waals surface area contributed by atoms with Crippen LogP contribution in [0.5, 0.6) is 6.01 Å². The quantitative estimate of drug-likeness (QED) is 0.631. The maximum atomic E-state index is 15.6. The molecule has 2 fully saturated rings. The number of ether oxygens (including phenoxy) is 1. The van der Waals surface area contributed by atoms with Crippen LogP contribution in [0.25, 0.3) is 22.2 Å². The molecule has 2 N–H and O–H groups in total. The van der Waals surface area contributed by atoms with E-state index in [-0.39, 0.29) is 41.1 Å². The minimum atomic E-state index is -0.853. The van der Waals surface area contributed by atoms with Crippen molar-refractivity contribution in [3.63, 3.8) is 0 Å². The molecule has 0 bridgehead atoms. The van der Waals surface area contributed by atoms with Gasteiger partial charge in [-0.15, -0.1) is 0 Å². The molecule has 0 radical (unpaired) electrons. The number of halogens is 2. The van der Waals surface area contributed by atoms with E-state index < -0.39 is 12.0 Å². The third kappa shape index (κ3) is 3.46. The first-order valence-corrected chi connectivity index (χ1v) is 11.1. The SMILES string of the molecule is CC(C)c1ccccc1-c1ncc2c(N)nc(OC[C@@]34CCCN3C[C@H](F)C4)nc2c1F. The van der Waals surface area contributed by atoms with Crippen LogP contribution in [0.1, 0.15) is 44.6 Å². The Hall–Kier alpha value is -2.87. The highest BCUT2D eigenvalue weighted by Gasteiger charge is 2.49. The molecule has 0 amide bonds. The number of hydrogen-bond donors (Lipinski definition) is 1. The summed E-state index contributed by atoms with van der Waals surface area (Å²) in [6, 6.07) is 7.63. The summed E-state index contributed by atoms with van der Waals surface area (Å²) in [5.74, 6) is -0.243. The Labute approximate surface area is 185 Å². The van der Waals surface area contributed by atoms with Crippen LogP contribution in [-0.2, 0) is 0 Å². The van der Waals surface area contributed by atoms with Crippen molar-refractivity contribution in [3.05, 3.63) is 41.8 Å². The van der Waals surface area contributed by atoms with Crippen molar-refractivity contribution in [2.45, 2.75) is 50.7 Å². The van der Waals surface area contributed by atoms with Crippen LogP contribution in [-0.4, -0.2) is 51.3 Å². The van der Waals surface area contributed by atoms with Gasteiger partial charge in [0.1, 0.15) is 29.8 Å². The number of aromatic nitrogens is 3. The Morgan fingerprint density at radius 1 is 1.28 bits per heavy atom. The van der Waals surface area contributed by atoms with Gasteiger partial charge in [0, 0.05) is 24.7 Å². The van der Waals surface area contributed by atoms with Gasteiger partial charge in [-0.05, 0) is 30.9 Å². The number of nitrogen functional groups attached to an aromatic ring is 1. The molecule has 168 valence electrons. The average Bonchev–Trinajstić information content (AvgIpc) is 3.29. The van der Waals surface area contributed by atoms with Crippen LogP contribution in [0.15, 0.2) is 30.5 Å². The zero-order valence-corrected chi connectivity index (χ0v) is 18.3. The number of fused-ring (bicyclic) bond motifs is 2. The van der Waals surface area contributed by atoms with Gasteiger partial charge in [-0.3, -0.25) is 9.88 Å². The molecule has 0 aliphatic carbocycles. The highest BCUT2D eigenvalue weighted by Crippen LogP contribution is 2.40. The Morgan fingerprint density at radius 2 is 2.09 bits per heavy atom.